The summed E-state index contributed by atoms with van der Waals surface area (Å²) in [5, 5.41) is 2.95. The van der Waals surface area contributed by atoms with E-state index < -0.39 is 9.05 Å². The lowest BCUT2D eigenvalue weighted by molar-refractivity contribution is -0.123. The number of carbonyl (C=O) groups is 1. The van der Waals surface area contributed by atoms with Crippen molar-refractivity contribution in [2.45, 2.75) is 38.1 Å². The van der Waals surface area contributed by atoms with Gasteiger partial charge in [-0.2, -0.15) is 0 Å². The predicted octanol–water partition coefficient (Wildman–Crippen LogP) is 2.84. The topological polar surface area (TPSA) is 63.2 Å². The van der Waals surface area contributed by atoms with Gasteiger partial charge in [-0.15, -0.1) is 0 Å². The van der Waals surface area contributed by atoms with Gasteiger partial charge in [0.25, 0.3) is 9.05 Å². The Labute approximate surface area is 123 Å². The monoisotopic (exact) mass is 315 g/mol. The van der Waals surface area contributed by atoms with E-state index in [9.17, 15) is 13.2 Å². The Morgan fingerprint density at radius 3 is 2.25 bits per heavy atom. The first-order valence-electron chi connectivity index (χ1n) is 6.46. The maximum absolute atomic E-state index is 12.0. The molecule has 0 radical (unpaired) electrons. The van der Waals surface area contributed by atoms with Crippen molar-refractivity contribution in [3.05, 3.63) is 29.8 Å². The van der Waals surface area contributed by atoms with Gasteiger partial charge in [0.1, 0.15) is 0 Å². The van der Waals surface area contributed by atoms with Gasteiger partial charge >= 0.3 is 0 Å². The summed E-state index contributed by atoms with van der Waals surface area (Å²) in [5.41, 5.74) is 0.946. The second-order valence-corrected chi connectivity index (χ2v) is 8.55. The number of halogens is 1. The lowest BCUT2D eigenvalue weighted by Crippen LogP contribution is -2.29. The summed E-state index contributed by atoms with van der Waals surface area (Å²) in [5.74, 6) is 0.129. The fourth-order valence-corrected chi connectivity index (χ4v) is 3.00. The Kier molecular flexibility index (Phi) is 3.86. The Balaban J connectivity index is 2.03. The van der Waals surface area contributed by atoms with Gasteiger partial charge in [0, 0.05) is 16.6 Å². The summed E-state index contributed by atoms with van der Waals surface area (Å²) in [6.45, 7) is 6.02. The average Bonchev–Trinajstić information content (AvgIpc) is 2.97. The normalized spacial score (nSPS) is 22.1. The fourth-order valence-electron chi connectivity index (χ4n) is 2.23. The number of hydrogen-bond acceptors (Lipinski definition) is 3. The highest BCUT2D eigenvalue weighted by atomic mass is 35.7. The molecule has 20 heavy (non-hydrogen) atoms. The van der Waals surface area contributed by atoms with Crippen LogP contribution in [-0.4, -0.2) is 14.3 Å². The van der Waals surface area contributed by atoms with E-state index in [0.717, 1.165) is 12.0 Å². The highest BCUT2D eigenvalue weighted by Gasteiger charge is 2.50. The van der Waals surface area contributed by atoms with Crippen molar-refractivity contribution in [3.8, 4) is 0 Å². The van der Waals surface area contributed by atoms with Crippen LogP contribution in [0, 0.1) is 11.3 Å². The van der Waals surface area contributed by atoms with Gasteiger partial charge in [-0.3, -0.25) is 4.79 Å². The van der Waals surface area contributed by atoms with Crippen molar-refractivity contribution < 1.29 is 13.2 Å². The SMILES string of the molecule is CC(NC(=O)C1CC1(C)C)c1ccc(S(=O)(=O)Cl)cc1. The summed E-state index contributed by atoms with van der Waals surface area (Å²) >= 11 is 0. The first-order valence-corrected chi connectivity index (χ1v) is 8.77. The van der Waals surface area contributed by atoms with Crippen LogP contribution in [0.15, 0.2) is 29.2 Å². The number of hydrogen-bond donors (Lipinski definition) is 1. The molecule has 0 saturated heterocycles. The summed E-state index contributed by atoms with van der Waals surface area (Å²) in [6.07, 6.45) is 0.912. The molecule has 1 saturated carbocycles. The van der Waals surface area contributed by atoms with Gasteiger partial charge in [0.2, 0.25) is 5.91 Å². The average molecular weight is 316 g/mol. The summed E-state index contributed by atoms with van der Waals surface area (Å²) < 4.78 is 22.3. The molecule has 0 heterocycles. The van der Waals surface area contributed by atoms with Crippen LogP contribution in [0.25, 0.3) is 0 Å². The van der Waals surface area contributed by atoms with Gasteiger partial charge < -0.3 is 5.32 Å². The third-order valence-electron chi connectivity index (χ3n) is 3.85. The fraction of sp³-hybridized carbons (Fsp3) is 0.500. The Hall–Kier alpha value is -1.07. The molecule has 2 atom stereocenters. The summed E-state index contributed by atoms with van der Waals surface area (Å²) in [7, 11) is 1.56. The van der Waals surface area contributed by atoms with Crippen molar-refractivity contribution in [2.75, 3.05) is 0 Å². The van der Waals surface area contributed by atoms with E-state index in [1.165, 1.54) is 12.1 Å². The number of rotatable bonds is 4. The Bertz CT molecular complexity index is 622. The van der Waals surface area contributed by atoms with Crippen LogP contribution in [0.4, 0.5) is 0 Å². The lowest BCUT2D eigenvalue weighted by atomic mass is 10.1. The first-order chi connectivity index (χ1) is 9.11. The second kappa shape index (κ2) is 5.04. The molecule has 6 heteroatoms. The smallest absolute Gasteiger partial charge is 0.261 e. The summed E-state index contributed by atoms with van der Waals surface area (Å²) in [6, 6.07) is 6.06. The number of benzene rings is 1. The molecule has 0 aromatic heterocycles. The molecule has 1 fully saturated rings. The van der Waals surface area contributed by atoms with E-state index in [0.29, 0.717) is 0 Å². The van der Waals surface area contributed by atoms with Crippen molar-refractivity contribution in [1.82, 2.24) is 5.32 Å². The van der Waals surface area contributed by atoms with Crippen LogP contribution in [0.3, 0.4) is 0 Å². The highest BCUT2D eigenvalue weighted by molar-refractivity contribution is 8.13. The minimum absolute atomic E-state index is 0.0524. The lowest BCUT2D eigenvalue weighted by Gasteiger charge is -2.15. The number of nitrogens with one attached hydrogen (secondary N) is 1. The zero-order chi connectivity index (χ0) is 15.1. The van der Waals surface area contributed by atoms with Gasteiger partial charge in [0.05, 0.1) is 10.9 Å². The second-order valence-electron chi connectivity index (χ2n) is 5.98. The minimum Gasteiger partial charge on any atom is -0.349 e. The van der Waals surface area contributed by atoms with Crippen LogP contribution in [0.5, 0.6) is 0 Å². The van der Waals surface area contributed by atoms with Crippen LogP contribution in [-0.2, 0) is 13.8 Å². The number of amides is 1. The molecule has 0 bridgehead atoms. The zero-order valence-electron chi connectivity index (χ0n) is 11.7. The zero-order valence-corrected chi connectivity index (χ0v) is 13.3. The standard InChI is InChI=1S/C14H18ClNO3S/c1-9(16-13(17)12-8-14(12,2)3)10-4-6-11(7-5-10)20(15,18)19/h4-7,9,12H,8H2,1-3H3,(H,16,17). The largest absolute Gasteiger partial charge is 0.349 e. The maximum Gasteiger partial charge on any atom is 0.261 e. The molecular formula is C14H18ClNO3S. The van der Waals surface area contributed by atoms with Crippen LogP contribution in [0.1, 0.15) is 38.8 Å². The number of carbonyl (C=O) groups excluding carboxylic acids is 1. The van der Waals surface area contributed by atoms with E-state index in [1.807, 2.05) is 6.92 Å². The van der Waals surface area contributed by atoms with Crippen LogP contribution < -0.4 is 5.32 Å². The minimum atomic E-state index is -3.70. The van der Waals surface area contributed by atoms with Gasteiger partial charge in [-0.05, 0) is 36.5 Å². The predicted molar refractivity (Wildman–Crippen MR) is 77.9 cm³/mol. The van der Waals surface area contributed by atoms with E-state index in [-0.39, 0.29) is 28.2 Å². The molecule has 1 aliphatic carbocycles. The Morgan fingerprint density at radius 1 is 1.35 bits per heavy atom. The molecule has 0 spiro atoms. The van der Waals surface area contributed by atoms with Crippen LogP contribution >= 0.6 is 10.7 Å². The van der Waals surface area contributed by atoms with E-state index in [2.05, 4.69) is 19.2 Å². The molecule has 1 amide bonds. The Morgan fingerprint density at radius 2 is 1.85 bits per heavy atom. The van der Waals surface area contributed by atoms with Crippen molar-refractivity contribution in [2.24, 2.45) is 11.3 Å². The summed E-state index contributed by atoms with van der Waals surface area (Å²) in [4.78, 5) is 12.1. The van der Waals surface area contributed by atoms with E-state index >= 15 is 0 Å². The molecule has 0 aliphatic heterocycles. The third kappa shape index (κ3) is 3.33. The molecule has 2 rings (SSSR count). The quantitative estimate of drug-likeness (QED) is 0.869. The molecule has 110 valence electrons. The van der Waals surface area contributed by atoms with E-state index in [4.69, 9.17) is 10.7 Å². The first kappa shape index (κ1) is 15.3. The molecule has 1 N–H and O–H groups in total. The molecular weight excluding hydrogens is 298 g/mol. The van der Waals surface area contributed by atoms with Gasteiger partial charge in [-0.1, -0.05) is 26.0 Å². The highest BCUT2D eigenvalue weighted by Crippen LogP contribution is 2.51. The molecule has 2 unspecified atom stereocenters. The molecule has 1 aromatic carbocycles. The van der Waals surface area contributed by atoms with Crippen molar-refractivity contribution in [3.63, 3.8) is 0 Å². The van der Waals surface area contributed by atoms with E-state index in [1.54, 1.807) is 12.1 Å². The van der Waals surface area contributed by atoms with Gasteiger partial charge in [0.15, 0.2) is 0 Å². The van der Waals surface area contributed by atoms with Crippen molar-refractivity contribution >= 4 is 25.6 Å². The van der Waals surface area contributed by atoms with Crippen LogP contribution in [0.2, 0.25) is 0 Å². The third-order valence-corrected chi connectivity index (χ3v) is 5.22. The molecule has 4 nitrogen and oxygen atoms in total. The molecule has 1 aliphatic rings. The maximum atomic E-state index is 12.0. The van der Waals surface area contributed by atoms with Gasteiger partial charge in [-0.25, -0.2) is 8.42 Å². The van der Waals surface area contributed by atoms with Crippen molar-refractivity contribution in [1.29, 1.82) is 0 Å². The molecule has 1 aromatic rings.